The summed E-state index contributed by atoms with van der Waals surface area (Å²) in [7, 11) is 0. The quantitative estimate of drug-likeness (QED) is 0.775. The molecular weight excluding hydrogens is 196 g/mol. The van der Waals surface area contributed by atoms with Gasteiger partial charge in [-0.05, 0) is 31.9 Å². The Morgan fingerprint density at radius 2 is 2.12 bits per heavy atom. The van der Waals surface area contributed by atoms with Crippen LogP contribution in [0.15, 0.2) is 24.3 Å². The summed E-state index contributed by atoms with van der Waals surface area (Å²) < 4.78 is 0. The average molecular weight is 216 g/mol. The first-order valence-electron chi connectivity index (χ1n) is 6.08. The summed E-state index contributed by atoms with van der Waals surface area (Å²) in [6.07, 6.45) is 1.18. The molecule has 0 unspecified atom stereocenters. The highest BCUT2D eigenvalue weighted by Gasteiger charge is 2.21. The second kappa shape index (κ2) is 3.63. The third kappa shape index (κ3) is 1.45. The van der Waals surface area contributed by atoms with E-state index in [0.717, 1.165) is 6.54 Å². The molecule has 2 heterocycles. The lowest BCUT2D eigenvalue weighted by Gasteiger charge is -2.30. The summed E-state index contributed by atoms with van der Waals surface area (Å²) in [5.74, 6) is 0. The van der Waals surface area contributed by atoms with Crippen LogP contribution in [0.5, 0.6) is 0 Å². The smallest absolute Gasteiger partial charge is 0.0459 e. The Balaban J connectivity index is 0.00000108. The molecule has 1 aliphatic heterocycles. The van der Waals surface area contributed by atoms with Gasteiger partial charge in [-0.15, -0.1) is 0 Å². The second-order valence-electron chi connectivity index (χ2n) is 4.94. The number of nitrogens with zero attached hydrogens (tertiary/aromatic N) is 1. The van der Waals surface area contributed by atoms with Gasteiger partial charge in [-0.3, -0.25) is 4.90 Å². The molecule has 2 aromatic rings. The molecule has 0 saturated heterocycles. The number of aromatic amines is 1. The minimum Gasteiger partial charge on any atom is -0.357 e. The van der Waals surface area contributed by atoms with Gasteiger partial charge in [-0.25, -0.2) is 0 Å². The zero-order chi connectivity index (χ0) is 11.1. The Morgan fingerprint density at radius 3 is 2.94 bits per heavy atom. The van der Waals surface area contributed by atoms with Gasteiger partial charge in [0, 0.05) is 37.2 Å². The third-order valence-electron chi connectivity index (χ3n) is 3.64. The van der Waals surface area contributed by atoms with Crippen molar-refractivity contribution in [2.75, 3.05) is 6.54 Å². The van der Waals surface area contributed by atoms with Crippen molar-refractivity contribution in [1.29, 1.82) is 0 Å². The molecule has 0 spiro atoms. The largest absolute Gasteiger partial charge is 0.357 e. The van der Waals surface area contributed by atoms with Crippen molar-refractivity contribution in [2.45, 2.75) is 32.9 Å². The molecule has 0 saturated carbocycles. The molecule has 0 atom stereocenters. The van der Waals surface area contributed by atoms with Gasteiger partial charge in [0.15, 0.2) is 0 Å². The maximum atomic E-state index is 3.56. The first-order valence-corrected chi connectivity index (χ1v) is 6.08. The predicted octanol–water partition coefficient (Wildman–Crippen LogP) is 3.18. The zero-order valence-electron chi connectivity index (χ0n) is 9.96. The Labute approximate surface area is 97.8 Å². The van der Waals surface area contributed by atoms with Crippen molar-refractivity contribution in [3.8, 4) is 0 Å². The fourth-order valence-corrected chi connectivity index (χ4v) is 2.65. The van der Waals surface area contributed by atoms with E-state index in [2.05, 4.69) is 48.0 Å². The van der Waals surface area contributed by atoms with Crippen LogP contribution in [0, 0.1) is 0 Å². The van der Waals surface area contributed by atoms with E-state index in [0.29, 0.717) is 6.04 Å². The van der Waals surface area contributed by atoms with Crippen LogP contribution in [-0.2, 0) is 13.0 Å². The Hall–Kier alpha value is -1.28. The number of rotatable bonds is 1. The topological polar surface area (TPSA) is 19.0 Å². The van der Waals surface area contributed by atoms with E-state index in [1.165, 1.54) is 35.1 Å². The molecule has 86 valence electrons. The highest BCUT2D eigenvalue weighted by molar-refractivity contribution is 5.84. The second-order valence-corrected chi connectivity index (χ2v) is 4.94. The predicted molar refractivity (Wildman–Crippen MR) is 69.7 cm³/mol. The van der Waals surface area contributed by atoms with Crippen molar-refractivity contribution in [3.05, 3.63) is 35.5 Å². The number of fused-ring (bicyclic) bond motifs is 3. The van der Waals surface area contributed by atoms with E-state index < -0.39 is 0 Å². The number of aromatic nitrogens is 1. The summed E-state index contributed by atoms with van der Waals surface area (Å²) in [4.78, 5) is 6.08. The van der Waals surface area contributed by atoms with Gasteiger partial charge in [0.1, 0.15) is 0 Å². The number of hydrogen-bond acceptors (Lipinski definition) is 1. The molecule has 3 rings (SSSR count). The lowest BCUT2D eigenvalue weighted by atomic mass is 10.0. The molecular formula is C14H20N2. The number of para-hydroxylation sites is 1. The number of H-pyrrole nitrogens is 1. The van der Waals surface area contributed by atoms with Crippen LogP contribution in [0.1, 0.15) is 26.5 Å². The minimum atomic E-state index is 0. The summed E-state index contributed by atoms with van der Waals surface area (Å²) in [6.45, 7) is 6.80. The van der Waals surface area contributed by atoms with Gasteiger partial charge in [-0.2, -0.15) is 0 Å². The van der Waals surface area contributed by atoms with Crippen LogP contribution in [0.2, 0.25) is 0 Å². The Bertz CT molecular complexity index is 516. The van der Waals surface area contributed by atoms with E-state index in [1.807, 2.05) is 0 Å². The van der Waals surface area contributed by atoms with E-state index in [9.17, 15) is 0 Å². The van der Waals surface area contributed by atoms with Crippen LogP contribution in [0.25, 0.3) is 10.9 Å². The maximum absolute atomic E-state index is 3.56. The van der Waals surface area contributed by atoms with Crippen molar-refractivity contribution in [3.63, 3.8) is 0 Å². The van der Waals surface area contributed by atoms with Crippen LogP contribution in [0.3, 0.4) is 0 Å². The fraction of sp³-hybridized carbons (Fsp3) is 0.429. The lowest BCUT2D eigenvalue weighted by Crippen LogP contribution is -2.35. The molecule has 0 fully saturated rings. The molecule has 0 aliphatic carbocycles. The van der Waals surface area contributed by atoms with Crippen LogP contribution < -0.4 is 0 Å². The number of benzene rings is 1. The molecule has 0 bridgehead atoms. The molecule has 16 heavy (non-hydrogen) atoms. The lowest BCUT2D eigenvalue weighted by molar-refractivity contribution is 0.201. The molecule has 2 nitrogen and oxygen atoms in total. The van der Waals surface area contributed by atoms with Gasteiger partial charge >= 0.3 is 0 Å². The fourth-order valence-electron chi connectivity index (χ4n) is 2.65. The summed E-state index contributed by atoms with van der Waals surface area (Å²) >= 11 is 0. The molecule has 0 radical (unpaired) electrons. The molecule has 2 heteroatoms. The summed E-state index contributed by atoms with van der Waals surface area (Å²) in [5, 5.41) is 1.42. The van der Waals surface area contributed by atoms with E-state index >= 15 is 0 Å². The van der Waals surface area contributed by atoms with Crippen molar-refractivity contribution >= 4 is 10.9 Å². The van der Waals surface area contributed by atoms with Gasteiger partial charge in [0.05, 0.1) is 0 Å². The van der Waals surface area contributed by atoms with Gasteiger partial charge in [-0.1, -0.05) is 18.2 Å². The van der Waals surface area contributed by atoms with E-state index in [4.69, 9.17) is 0 Å². The van der Waals surface area contributed by atoms with Gasteiger partial charge < -0.3 is 4.98 Å². The summed E-state index contributed by atoms with van der Waals surface area (Å²) in [5.41, 5.74) is 4.24. The highest BCUT2D eigenvalue weighted by atomic mass is 15.2. The molecule has 0 amide bonds. The average Bonchev–Trinajstić information content (AvgIpc) is 2.66. The third-order valence-corrected chi connectivity index (χ3v) is 3.64. The van der Waals surface area contributed by atoms with E-state index in [1.54, 1.807) is 0 Å². The van der Waals surface area contributed by atoms with E-state index in [-0.39, 0.29) is 1.43 Å². The first kappa shape index (κ1) is 9.91. The van der Waals surface area contributed by atoms with Gasteiger partial charge in [0.2, 0.25) is 0 Å². The van der Waals surface area contributed by atoms with Crippen LogP contribution >= 0.6 is 0 Å². The zero-order valence-corrected chi connectivity index (χ0v) is 9.96. The normalized spacial score (nSPS) is 16.9. The standard InChI is InChI=1S/C14H18N2.H2/c1-10(2)16-8-7-12-11-5-3-4-6-13(11)15-14(12)9-16;/h3-6,10,15H,7-9H2,1-2H3;1H. The SMILES string of the molecule is CC(C)N1CCc2c([nH]c3ccccc23)C1.[HH]. The number of nitrogens with one attached hydrogen (secondary N) is 1. The molecule has 1 aliphatic rings. The Morgan fingerprint density at radius 1 is 1.31 bits per heavy atom. The molecule has 1 N–H and O–H groups in total. The first-order chi connectivity index (χ1) is 7.75. The molecule has 1 aromatic carbocycles. The minimum absolute atomic E-state index is 0. The Kier molecular flexibility index (Phi) is 2.25. The highest BCUT2D eigenvalue weighted by Crippen LogP contribution is 2.27. The van der Waals surface area contributed by atoms with Crippen molar-refractivity contribution in [2.24, 2.45) is 0 Å². The van der Waals surface area contributed by atoms with Crippen molar-refractivity contribution in [1.82, 2.24) is 9.88 Å². The van der Waals surface area contributed by atoms with Crippen LogP contribution in [0.4, 0.5) is 0 Å². The van der Waals surface area contributed by atoms with Crippen LogP contribution in [-0.4, -0.2) is 22.5 Å². The summed E-state index contributed by atoms with van der Waals surface area (Å²) in [6, 6.07) is 9.28. The van der Waals surface area contributed by atoms with Gasteiger partial charge in [0.25, 0.3) is 0 Å². The maximum Gasteiger partial charge on any atom is 0.0459 e. The van der Waals surface area contributed by atoms with Crippen molar-refractivity contribution < 1.29 is 1.43 Å². The molecule has 1 aromatic heterocycles. The number of hydrogen-bond donors (Lipinski definition) is 1. The monoisotopic (exact) mass is 216 g/mol.